The lowest BCUT2D eigenvalue weighted by Gasteiger charge is -2.12. The molecule has 3 amide bonds. The van der Waals surface area contributed by atoms with Crippen LogP contribution in [0.25, 0.3) is 6.08 Å². The van der Waals surface area contributed by atoms with Crippen LogP contribution < -0.4 is 19.5 Å². The number of hydrogen-bond acceptors (Lipinski definition) is 7. The lowest BCUT2D eigenvalue weighted by Crippen LogP contribution is -2.39. The number of nitrogens with one attached hydrogen (secondary N) is 1. The number of amides is 3. The molecule has 8 nitrogen and oxygen atoms in total. The normalized spacial score (nSPS) is 17.2. The van der Waals surface area contributed by atoms with Gasteiger partial charge in [-0.25, -0.2) is 0 Å². The topological polar surface area (TPSA) is 94.2 Å². The highest BCUT2D eigenvalue weighted by Gasteiger charge is 2.36. The second kappa shape index (κ2) is 7.69. The van der Waals surface area contributed by atoms with Crippen molar-refractivity contribution < 1.29 is 28.6 Å². The molecule has 9 heteroatoms. The van der Waals surface area contributed by atoms with Gasteiger partial charge in [0.25, 0.3) is 11.1 Å². The maximum absolute atomic E-state index is 12.5. The van der Waals surface area contributed by atoms with Crippen LogP contribution in [0.15, 0.2) is 17.0 Å². The van der Waals surface area contributed by atoms with Gasteiger partial charge in [-0.2, -0.15) is 0 Å². The Morgan fingerprint density at radius 3 is 2.77 bits per heavy atom. The first kappa shape index (κ1) is 18.1. The molecule has 138 valence electrons. The average Bonchev–Trinajstić information content (AvgIpc) is 3.18. The zero-order chi connectivity index (χ0) is 18.7. The highest BCUT2D eigenvalue weighted by molar-refractivity contribution is 8.18. The second-order valence-corrected chi connectivity index (χ2v) is 6.56. The Hall–Kier alpha value is -2.68. The van der Waals surface area contributed by atoms with Crippen LogP contribution in [-0.2, 0) is 9.59 Å². The predicted octanol–water partition coefficient (Wildman–Crippen LogP) is 1.99. The smallest absolute Gasteiger partial charge is 0.294 e. The molecule has 1 aromatic carbocycles. The molecule has 1 aromatic rings. The van der Waals surface area contributed by atoms with Crippen LogP contribution in [0.2, 0.25) is 0 Å². The van der Waals surface area contributed by atoms with Crippen molar-refractivity contribution in [1.82, 2.24) is 10.2 Å². The number of nitrogens with zero attached hydrogens (tertiary/aromatic N) is 1. The van der Waals surface area contributed by atoms with Gasteiger partial charge in [0.1, 0.15) is 12.3 Å². The number of carbonyl (C=O) groups excluding carboxylic acids is 3. The molecule has 1 saturated heterocycles. The van der Waals surface area contributed by atoms with E-state index in [1.807, 2.05) is 6.92 Å². The van der Waals surface area contributed by atoms with Crippen molar-refractivity contribution in [3.05, 3.63) is 22.6 Å². The van der Waals surface area contributed by atoms with E-state index in [-0.39, 0.29) is 24.2 Å². The first-order valence-electron chi connectivity index (χ1n) is 8.03. The van der Waals surface area contributed by atoms with Crippen molar-refractivity contribution in [2.75, 3.05) is 27.0 Å². The molecule has 0 aliphatic carbocycles. The number of fused-ring (bicyclic) bond motifs is 1. The van der Waals surface area contributed by atoms with Gasteiger partial charge in [0.2, 0.25) is 12.7 Å². The quantitative estimate of drug-likeness (QED) is 0.757. The number of thioether (sulfide) groups is 1. The summed E-state index contributed by atoms with van der Waals surface area (Å²) < 4.78 is 15.9. The summed E-state index contributed by atoms with van der Waals surface area (Å²) in [7, 11) is 1.50. The summed E-state index contributed by atoms with van der Waals surface area (Å²) in [4.78, 5) is 37.6. The molecule has 26 heavy (non-hydrogen) atoms. The zero-order valence-corrected chi connectivity index (χ0v) is 15.2. The van der Waals surface area contributed by atoms with Gasteiger partial charge in [-0.3, -0.25) is 19.3 Å². The Morgan fingerprint density at radius 2 is 2.08 bits per heavy atom. The summed E-state index contributed by atoms with van der Waals surface area (Å²) in [5, 5.41) is 2.17. The Kier molecular flexibility index (Phi) is 5.36. The van der Waals surface area contributed by atoms with Crippen molar-refractivity contribution in [2.45, 2.75) is 13.3 Å². The lowest BCUT2D eigenvalue weighted by atomic mass is 10.1. The average molecular weight is 378 g/mol. The molecule has 3 rings (SSSR count). The van der Waals surface area contributed by atoms with Gasteiger partial charge in [0.15, 0.2) is 11.5 Å². The van der Waals surface area contributed by atoms with Crippen LogP contribution >= 0.6 is 11.8 Å². The molecule has 0 radical (unpaired) electrons. The van der Waals surface area contributed by atoms with E-state index in [0.717, 1.165) is 23.1 Å². The molecule has 2 aliphatic rings. The van der Waals surface area contributed by atoms with Crippen molar-refractivity contribution in [3.63, 3.8) is 0 Å². The molecule has 1 N–H and O–H groups in total. The summed E-state index contributed by atoms with van der Waals surface area (Å²) in [6, 6.07) is 3.35. The van der Waals surface area contributed by atoms with E-state index in [1.165, 1.54) is 7.11 Å². The Bertz CT molecular complexity index is 792. The van der Waals surface area contributed by atoms with Gasteiger partial charge in [-0.05, 0) is 30.3 Å². The first-order chi connectivity index (χ1) is 12.5. The minimum atomic E-state index is -0.508. The fourth-order valence-corrected chi connectivity index (χ4v) is 3.30. The number of carbonyl (C=O) groups is 3. The van der Waals surface area contributed by atoms with Gasteiger partial charge in [-0.1, -0.05) is 6.92 Å². The molecule has 0 spiro atoms. The van der Waals surface area contributed by atoms with E-state index >= 15 is 0 Å². The van der Waals surface area contributed by atoms with E-state index in [4.69, 9.17) is 14.2 Å². The van der Waals surface area contributed by atoms with Gasteiger partial charge >= 0.3 is 0 Å². The SMILES string of the molecule is CCCNC(=O)CN1C(=O)S/C(=C\c2cc3c(cc2OC)OCO3)C1=O. The van der Waals surface area contributed by atoms with E-state index in [2.05, 4.69) is 5.32 Å². The third-order valence-corrected chi connectivity index (χ3v) is 4.67. The zero-order valence-electron chi connectivity index (χ0n) is 14.4. The Balaban J connectivity index is 1.81. The monoisotopic (exact) mass is 378 g/mol. The Labute approximate surface area is 154 Å². The summed E-state index contributed by atoms with van der Waals surface area (Å²) in [5.74, 6) is 0.707. The third kappa shape index (κ3) is 3.62. The summed E-state index contributed by atoms with van der Waals surface area (Å²) in [6.07, 6.45) is 2.33. The summed E-state index contributed by atoms with van der Waals surface area (Å²) in [6.45, 7) is 2.24. The maximum Gasteiger partial charge on any atom is 0.294 e. The molecule has 0 bridgehead atoms. The highest BCUT2D eigenvalue weighted by Crippen LogP contribution is 2.40. The predicted molar refractivity (Wildman–Crippen MR) is 95.1 cm³/mol. The lowest BCUT2D eigenvalue weighted by molar-refractivity contribution is -0.129. The van der Waals surface area contributed by atoms with E-state index < -0.39 is 11.1 Å². The highest BCUT2D eigenvalue weighted by atomic mass is 32.2. The number of benzene rings is 1. The Morgan fingerprint density at radius 1 is 1.35 bits per heavy atom. The molecular formula is C17H18N2O6S. The molecule has 0 aromatic heterocycles. The number of rotatable bonds is 6. The molecule has 2 aliphatic heterocycles. The van der Waals surface area contributed by atoms with Crippen LogP contribution in [0.1, 0.15) is 18.9 Å². The molecule has 0 saturated carbocycles. The van der Waals surface area contributed by atoms with Crippen LogP contribution in [0.3, 0.4) is 0 Å². The van der Waals surface area contributed by atoms with Crippen molar-refractivity contribution in [2.24, 2.45) is 0 Å². The van der Waals surface area contributed by atoms with Gasteiger partial charge in [0, 0.05) is 18.2 Å². The molecular weight excluding hydrogens is 360 g/mol. The van der Waals surface area contributed by atoms with Crippen LogP contribution in [0.4, 0.5) is 4.79 Å². The number of hydrogen-bond donors (Lipinski definition) is 1. The van der Waals surface area contributed by atoms with Crippen LogP contribution in [0.5, 0.6) is 17.2 Å². The standard InChI is InChI=1S/C17H18N2O6S/c1-3-4-18-15(20)8-19-16(21)14(26-17(19)22)6-10-5-12-13(25-9-24-12)7-11(10)23-2/h5-7H,3-4,8-9H2,1-2H3,(H,18,20)/b14-6-. The van der Waals surface area contributed by atoms with Crippen molar-refractivity contribution in [3.8, 4) is 17.2 Å². The summed E-state index contributed by atoms with van der Waals surface area (Å²) in [5.41, 5.74) is 0.581. The third-order valence-electron chi connectivity index (χ3n) is 3.76. The van der Waals surface area contributed by atoms with Gasteiger partial charge in [-0.15, -0.1) is 0 Å². The van der Waals surface area contributed by atoms with Gasteiger partial charge < -0.3 is 19.5 Å². The maximum atomic E-state index is 12.5. The molecule has 0 unspecified atom stereocenters. The minimum absolute atomic E-state index is 0.116. The number of methoxy groups -OCH3 is 1. The first-order valence-corrected chi connectivity index (χ1v) is 8.84. The molecule has 2 heterocycles. The minimum Gasteiger partial charge on any atom is -0.496 e. The largest absolute Gasteiger partial charge is 0.496 e. The van der Waals surface area contributed by atoms with E-state index in [0.29, 0.717) is 29.4 Å². The van der Waals surface area contributed by atoms with E-state index in [1.54, 1.807) is 18.2 Å². The van der Waals surface area contributed by atoms with Gasteiger partial charge in [0.05, 0.1) is 12.0 Å². The summed E-state index contributed by atoms with van der Waals surface area (Å²) >= 11 is 0.786. The van der Waals surface area contributed by atoms with Crippen LogP contribution in [-0.4, -0.2) is 48.9 Å². The molecule has 1 fully saturated rings. The van der Waals surface area contributed by atoms with Crippen molar-refractivity contribution >= 4 is 34.9 Å². The fourth-order valence-electron chi connectivity index (χ4n) is 2.47. The fraction of sp³-hybridized carbons (Fsp3) is 0.353. The number of imide groups is 1. The molecule has 0 atom stereocenters. The number of ether oxygens (including phenoxy) is 3. The second-order valence-electron chi connectivity index (χ2n) is 5.57. The van der Waals surface area contributed by atoms with Crippen LogP contribution in [0, 0.1) is 0 Å². The van der Waals surface area contributed by atoms with Crippen molar-refractivity contribution in [1.29, 1.82) is 0 Å². The van der Waals surface area contributed by atoms with E-state index in [9.17, 15) is 14.4 Å².